The average molecular weight is 439 g/mol. The van der Waals surface area contributed by atoms with Crippen molar-refractivity contribution in [2.45, 2.75) is 36.6 Å². The Morgan fingerprint density at radius 1 is 1.14 bits per heavy atom. The molecule has 3 fully saturated rings. The molecular formula is C19H26N4O4S2. The maximum Gasteiger partial charge on any atom is 0.269 e. The average Bonchev–Trinajstić information content (AvgIpc) is 3.36. The molecular weight excluding hydrogens is 412 g/mol. The SMILES string of the molecule is O=C(NNC(=S)NC1CC2CCC1C2)c1cccc(S(=O)(=O)N2CCOCC2)c1. The van der Waals surface area contributed by atoms with Gasteiger partial charge in [-0.25, -0.2) is 8.42 Å². The molecule has 29 heavy (non-hydrogen) atoms. The van der Waals surface area contributed by atoms with Crippen LogP contribution in [0.1, 0.15) is 36.0 Å². The predicted molar refractivity (Wildman–Crippen MR) is 112 cm³/mol. The minimum absolute atomic E-state index is 0.0923. The van der Waals surface area contributed by atoms with Crippen molar-refractivity contribution in [2.24, 2.45) is 11.8 Å². The van der Waals surface area contributed by atoms with E-state index in [1.54, 1.807) is 12.1 Å². The lowest BCUT2D eigenvalue weighted by Gasteiger charge is -2.26. The first-order valence-electron chi connectivity index (χ1n) is 9.98. The molecule has 0 radical (unpaired) electrons. The van der Waals surface area contributed by atoms with Gasteiger partial charge in [0, 0.05) is 24.7 Å². The van der Waals surface area contributed by atoms with Crippen LogP contribution in [0.15, 0.2) is 29.2 Å². The molecule has 4 rings (SSSR count). The molecule has 3 N–H and O–H groups in total. The van der Waals surface area contributed by atoms with Gasteiger partial charge in [-0.2, -0.15) is 4.31 Å². The van der Waals surface area contributed by atoms with Crippen LogP contribution < -0.4 is 16.2 Å². The second-order valence-corrected chi connectivity index (χ2v) is 10.2. The van der Waals surface area contributed by atoms with E-state index in [1.165, 1.54) is 35.7 Å². The van der Waals surface area contributed by atoms with Gasteiger partial charge in [0.25, 0.3) is 5.91 Å². The van der Waals surface area contributed by atoms with Gasteiger partial charge in [-0.05, 0) is 61.5 Å². The zero-order valence-corrected chi connectivity index (χ0v) is 17.7. The topological polar surface area (TPSA) is 99.8 Å². The molecule has 8 nitrogen and oxygen atoms in total. The summed E-state index contributed by atoms with van der Waals surface area (Å²) in [5, 5.41) is 3.67. The van der Waals surface area contributed by atoms with E-state index in [0.29, 0.717) is 43.4 Å². The second-order valence-electron chi connectivity index (χ2n) is 7.88. The lowest BCUT2D eigenvalue weighted by Crippen LogP contribution is -2.50. The molecule has 0 spiro atoms. The highest BCUT2D eigenvalue weighted by atomic mass is 32.2. The fourth-order valence-corrected chi connectivity index (χ4v) is 6.20. The highest BCUT2D eigenvalue weighted by Crippen LogP contribution is 2.44. The highest BCUT2D eigenvalue weighted by Gasteiger charge is 2.39. The minimum Gasteiger partial charge on any atom is -0.379 e. The third-order valence-electron chi connectivity index (χ3n) is 6.05. The summed E-state index contributed by atoms with van der Waals surface area (Å²) in [6, 6.07) is 6.38. The van der Waals surface area contributed by atoms with Crippen LogP contribution in [0.5, 0.6) is 0 Å². The van der Waals surface area contributed by atoms with Crippen molar-refractivity contribution in [3.05, 3.63) is 29.8 Å². The lowest BCUT2D eigenvalue weighted by atomic mass is 9.96. The third-order valence-corrected chi connectivity index (χ3v) is 8.16. The van der Waals surface area contributed by atoms with Gasteiger partial charge >= 0.3 is 0 Å². The van der Waals surface area contributed by atoms with Gasteiger partial charge in [0.1, 0.15) is 0 Å². The lowest BCUT2D eigenvalue weighted by molar-refractivity contribution is 0.0730. The van der Waals surface area contributed by atoms with Crippen LogP contribution in [0.2, 0.25) is 0 Å². The number of thiocarbonyl (C=S) groups is 1. The van der Waals surface area contributed by atoms with Crippen LogP contribution in [0.3, 0.4) is 0 Å². The van der Waals surface area contributed by atoms with E-state index in [0.717, 1.165) is 12.3 Å². The van der Waals surface area contributed by atoms with Gasteiger partial charge in [0.05, 0.1) is 18.1 Å². The molecule has 3 atom stereocenters. The standard InChI is InChI=1S/C19H26N4O4S2/c24-18(21-22-19(28)20-17-11-13-4-5-14(17)10-13)15-2-1-3-16(12-15)29(25,26)23-6-8-27-9-7-23/h1-3,12-14,17H,4-11H2,(H,21,24)(H2,20,22,28). The minimum atomic E-state index is -3.66. The summed E-state index contributed by atoms with van der Waals surface area (Å²) < 4.78 is 32.1. The zero-order chi connectivity index (χ0) is 20.4. The number of carbonyl (C=O) groups is 1. The molecule has 1 amide bonds. The Bertz CT molecular complexity index is 886. The second kappa shape index (κ2) is 8.55. The molecule has 3 unspecified atom stereocenters. The number of morpholine rings is 1. The molecule has 1 saturated heterocycles. The number of sulfonamides is 1. The molecule has 158 valence electrons. The van der Waals surface area contributed by atoms with Crippen LogP contribution in [0.4, 0.5) is 0 Å². The quantitative estimate of drug-likeness (QED) is 0.476. The normalized spacial score (nSPS) is 26.8. The van der Waals surface area contributed by atoms with Crippen molar-refractivity contribution in [3.63, 3.8) is 0 Å². The molecule has 3 aliphatic rings. The van der Waals surface area contributed by atoms with Crippen LogP contribution in [-0.4, -0.2) is 56.1 Å². The number of rotatable bonds is 4. The summed E-state index contributed by atoms with van der Waals surface area (Å²) in [7, 11) is -3.66. The molecule has 0 aromatic heterocycles. The number of hydrogen-bond acceptors (Lipinski definition) is 5. The molecule has 2 saturated carbocycles. The van der Waals surface area contributed by atoms with Crippen molar-refractivity contribution in [1.82, 2.24) is 20.5 Å². The van der Waals surface area contributed by atoms with Gasteiger partial charge in [0.2, 0.25) is 10.0 Å². The third kappa shape index (κ3) is 4.55. The summed E-state index contributed by atoms with van der Waals surface area (Å²) in [6.07, 6.45) is 4.93. The fourth-order valence-electron chi connectivity index (χ4n) is 4.55. The summed E-state index contributed by atoms with van der Waals surface area (Å²) in [4.78, 5) is 12.6. The number of nitrogens with zero attached hydrogens (tertiary/aromatic N) is 1. The number of amides is 1. The molecule has 1 heterocycles. The first kappa shape index (κ1) is 20.5. The van der Waals surface area contributed by atoms with Crippen molar-refractivity contribution >= 4 is 33.3 Å². The smallest absolute Gasteiger partial charge is 0.269 e. The number of nitrogens with one attached hydrogen (secondary N) is 3. The van der Waals surface area contributed by atoms with Crippen molar-refractivity contribution in [2.75, 3.05) is 26.3 Å². The number of benzene rings is 1. The van der Waals surface area contributed by atoms with Crippen LogP contribution in [0, 0.1) is 11.8 Å². The van der Waals surface area contributed by atoms with E-state index in [-0.39, 0.29) is 10.5 Å². The van der Waals surface area contributed by atoms with E-state index in [9.17, 15) is 13.2 Å². The van der Waals surface area contributed by atoms with E-state index < -0.39 is 15.9 Å². The van der Waals surface area contributed by atoms with Gasteiger partial charge < -0.3 is 10.1 Å². The maximum atomic E-state index is 12.8. The van der Waals surface area contributed by atoms with Crippen molar-refractivity contribution < 1.29 is 17.9 Å². The first-order chi connectivity index (χ1) is 13.9. The Balaban J connectivity index is 1.34. The monoisotopic (exact) mass is 438 g/mol. The molecule has 2 aliphatic carbocycles. The van der Waals surface area contributed by atoms with Crippen LogP contribution in [-0.2, 0) is 14.8 Å². The number of fused-ring (bicyclic) bond motifs is 2. The first-order valence-corrected chi connectivity index (χ1v) is 11.8. The van der Waals surface area contributed by atoms with E-state index in [1.807, 2.05) is 0 Å². The predicted octanol–water partition coefficient (Wildman–Crippen LogP) is 1.00. The Hall–Kier alpha value is -1.75. The van der Waals surface area contributed by atoms with Crippen LogP contribution in [0.25, 0.3) is 0 Å². The Morgan fingerprint density at radius 2 is 1.93 bits per heavy atom. The zero-order valence-electron chi connectivity index (χ0n) is 16.1. The Labute approximate surface area is 176 Å². The highest BCUT2D eigenvalue weighted by molar-refractivity contribution is 7.89. The van der Waals surface area contributed by atoms with Gasteiger partial charge in [-0.15, -0.1) is 0 Å². The molecule has 1 aromatic carbocycles. The summed E-state index contributed by atoms with van der Waals surface area (Å²) in [6.45, 7) is 1.36. The van der Waals surface area contributed by atoms with Crippen molar-refractivity contribution in [1.29, 1.82) is 0 Å². The van der Waals surface area contributed by atoms with E-state index in [4.69, 9.17) is 17.0 Å². The van der Waals surface area contributed by atoms with Crippen LogP contribution >= 0.6 is 12.2 Å². The molecule has 10 heteroatoms. The number of hydrazine groups is 1. The molecule has 1 aliphatic heterocycles. The van der Waals surface area contributed by atoms with Crippen molar-refractivity contribution in [3.8, 4) is 0 Å². The van der Waals surface area contributed by atoms with Gasteiger partial charge in [-0.1, -0.05) is 12.5 Å². The van der Waals surface area contributed by atoms with Gasteiger partial charge in [0.15, 0.2) is 5.11 Å². The van der Waals surface area contributed by atoms with E-state index >= 15 is 0 Å². The number of ether oxygens (including phenoxy) is 1. The van der Waals surface area contributed by atoms with E-state index in [2.05, 4.69) is 16.2 Å². The summed E-state index contributed by atoms with van der Waals surface area (Å²) in [5.74, 6) is 1.02. The number of carbonyl (C=O) groups excluding carboxylic acids is 1. The Morgan fingerprint density at radius 3 is 2.62 bits per heavy atom. The largest absolute Gasteiger partial charge is 0.379 e. The van der Waals surface area contributed by atoms with Gasteiger partial charge in [-0.3, -0.25) is 15.6 Å². The Kier molecular flexibility index (Phi) is 6.05. The maximum absolute atomic E-state index is 12.8. The molecule has 1 aromatic rings. The fraction of sp³-hybridized carbons (Fsp3) is 0.579. The number of hydrogen-bond donors (Lipinski definition) is 3. The molecule has 2 bridgehead atoms. The summed E-state index contributed by atoms with van der Waals surface area (Å²) in [5.41, 5.74) is 5.53. The summed E-state index contributed by atoms with van der Waals surface area (Å²) >= 11 is 5.29.